The zero-order valence-electron chi connectivity index (χ0n) is 18.3. The molecule has 3 rings (SSSR count). The first kappa shape index (κ1) is 23.6. The number of ether oxygens (including phenoxy) is 3. The van der Waals surface area contributed by atoms with Gasteiger partial charge in [0, 0.05) is 30.8 Å². The number of nitrogens with zero attached hydrogens (tertiary/aromatic N) is 1. The van der Waals surface area contributed by atoms with Crippen LogP contribution in [0.5, 0.6) is 11.5 Å². The van der Waals surface area contributed by atoms with E-state index >= 15 is 0 Å². The van der Waals surface area contributed by atoms with Crippen LogP contribution in [0.3, 0.4) is 0 Å². The van der Waals surface area contributed by atoms with Gasteiger partial charge in [-0.2, -0.15) is 0 Å². The molecule has 1 fully saturated rings. The SMILES string of the molecule is CCOc1ccc([C@H]2/C(=C(\O)c3ccc(Cl)cc3)C(=O)C(=O)N2CCCOC)cc1OC. The first-order valence-corrected chi connectivity index (χ1v) is 10.6. The Labute approximate surface area is 192 Å². The minimum Gasteiger partial charge on any atom is -0.507 e. The third-order valence-corrected chi connectivity index (χ3v) is 5.46. The van der Waals surface area contributed by atoms with E-state index in [9.17, 15) is 14.7 Å². The van der Waals surface area contributed by atoms with Gasteiger partial charge in [-0.15, -0.1) is 0 Å². The second-order valence-corrected chi connectivity index (χ2v) is 7.63. The standard InChI is InChI=1S/C24H26ClNO6/c1-4-32-18-11-8-16(14-19(18)31-3)21-20(22(27)15-6-9-17(25)10-7-15)23(28)24(29)26(21)12-5-13-30-2/h6-11,14,21,27H,4-5,12-13H2,1-3H3/b22-20+/t21-/m0/s1. The molecule has 0 saturated carbocycles. The number of carbonyl (C=O) groups is 2. The molecule has 2 aromatic carbocycles. The number of hydrogen-bond donors (Lipinski definition) is 1. The van der Waals surface area contributed by atoms with Crippen LogP contribution in [-0.2, 0) is 14.3 Å². The van der Waals surface area contributed by atoms with Crippen molar-refractivity contribution in [2.75, 3.05) is 34.0 Å². The molecule has 32 heavy (non-hydrogen) atoms. The van der Waals surface area contributed by atoms with Gasteiger partial charge in [-0.1, -0.05) is 17.7 Å². The number of halogens is 1. The molecular weight excluding hydrogens is 434 g/mol. The van der Waals surface area contributed by atoms with E-state index in [1.807, 2.05) is 6.92 Å². The van der Waals surface area contributed by atoms with Crippen molar-refractivity contribution in [2.45, 2.75) is 19.4 Å². The highest BCUT2D eigenvalue weighted by atomic mass is 35.5. The zero-order chi connectivity index (χ0) is 23.3. The minimum absolute atomic E-state index is 0.0148. The smallest absolute Gasteiger partial charge is 0.295 e. The average Bonchev–Trinajstić information content (AvgIpc) is 3.05. The number of benzene rings is 2. The van der Waals surface area contributed by atoms with E-state index in [1.54, 1.807) is 49.6 Å². The Balaban J connectivity index is 2.14. The van der Waals surface area contributed by atoms with Gasteiger partial charge in [-0.25, -0.2) is 0 Å². The zero-order valence-corrected chi connectivity index (χ0v) is 19.0. The highest BCUT2D eigenvalue weighted by Crippen LogP contribution is 2.42. The molecule has 0 unspecified atom stereocenters. The topological polar surface area (TPSA) is 85.3 Å². The van der Waals surface area contributed by atoms with Crippen LogP contribution in [0.25, 0.3) is 5.76 Å². The van der Waals surface area contributed by atoms with Crippen molar-refractivity contribution in [1.29, 1.82) is 0 Å². The van der Waals surface area contributed by atoms with Crippen LogP contribution in [0.4, 0.5) is 0 Å². The van der Waals surface area contributed by atoms with Crippen molar-refractivity contribution < 1.29 is 28.9 Å². The van der Waals surface area contributed by atoms with Crippen molar-refractivity contribution >= 4 is 29.1 Å². The monoisotopic (exact) mass is 459 g/mol. The summed E-state index contributed by atoms with van der Waals surface area (Å²) < 4.78 is 16.1. The average molecular weight is 460 g/mol. The normalized spacial score (nSPS) is 17.6. The number of aliphatic hydroxyl groups excluding tert-OH is 1. The third-order valence-electron chi connectivity index (χ3n) is 5.21. The molecule has 7 nitrogen and oxygen atoms in total. The molecule has 8 heteroatoms. The van der Waals surface area contributed by atoms with E-state index in [0.717, 1.165) is 0 Å². The van der Waals surface area contributed by atoms with Crippen LogP contribution < -0.4 is 9.47 Å². The molecule has 0 aromatic heterocycles. The maximum absolute atomic E-state index is 13.0. The fourth-order valence-electron chi connectivity index (χ4n) is 3.73. The number of likely N-dealkylation sites (tertiary alicyclic amines) is 1. The summed E-state index contributed by atoms with van der Waals surface area (Å²) in [6.07, 6.45) is 0.537. The van der Waals surface area contributed by atoms with Gasteiger partial charge >= 0.3 is 0 Å². The lowest BCUT2D eigenvalue weighted by Gasteiger charge is -2.26. The summed E-state index contributed by atoms with van der Waals surface area (Å²) in [5.74, 6) is -0.652. The summed E-state index contributed by atoms with van der Waals surface area (Å²) in [7, 11) is 3.09. The number of ketones is 1. The second-order valence-electron chi connectivity index (χ2n) is 7.19. The Hall–Kier alpha value is -3.03. The number of methoxy groups -OCH3 is 2. The summed E-state index contributed by atoms with van der Waals surface area (Å²) in [6, 6.07) is 10.9. The van der Waals surface area contributed by atoms with Gasteiger partial charge in [0.2, 0.25) is 0 Å². The molecule has 0 spiro atoms. The number of Topliss-reactive ketones (excluding diaryl/α,β-unsaturated/α-hetero) is 1. The molecule has 1 aliphatic rings. The Bertz CT molecular complexity index is 1020. The number of carbonyl (C=O) groups excluding carboxylic acids is 2. The predicted octanol–water partition coefficient (Wildman–Crippen LogP) is 4.21. The fourth-order valence-corrected chi connectivity index (χ4v) is 3.85. The van der Waals surface area contributed by atoms with Crippen molar-refractivity contribution in [1.82, 2.24) is 4.90 Å². The molecule has 170 valence electrons. The van der Waals surface area contributed by atoms with E-state index in [4.69, 9.17) is 25.8 Å². The molecule has 1 atom stereocenters. The van der Waals surface area contributed by atoms with Crippen molar-refractivity contribution in [3.05, 3.63) is 64.2 Å². The van der Waals surface area contributed by atoms with Crippen LogP contribution in [0, 0.1) is 0 Å². The Morgan fingerprint density at radius 2 is 1.81 bits per heavy atom. The highest BCUT2D eigenvalue weighted by molar-refractivity contribution is 6.46. The molecule has 1 heterocycles. The Morgan fingerprint density at radius 1 is 1.09 bits per heavy atom. The molecule has 0 bridgehead atoms. The van der Waals surface area contributed by atoms with Gasteiger partial charge in [-0.3, -0.25) is 9.59 Å². The Kier molecular flexibility index (Phi) is 7.77. The van der Waals surface area contributed by atoms with E-state index in [1.165, 1.54) is 12.0 Å². The summed E-state index contributed by atoms with van der Waals surface area (Å²) in [6.45, 7) is 3.04. The molecule has 1 aliphatic heterocycles. The summed E-state index contributed by atoms with van der Waals surface area (Å²) in [5, 5.41) is 11.5. The molecule has 0 aliphatic carbocycles. The summed E-state index contributed by atoms with van der Waals surface area (Å²) >= 11 is 5.96. The lowest BCUT2D eigenvalue weighted by molar-refractivity contribution is -0.140. The largest absolute Gasteiger partial charge is 0.507 e. The summed E-state index contributed by atoms with van der Waals surface area (Å²) in [5.41, 5.74) is 1.03. The van der Waals surface area contributed by atoms with Crippen LogP contribution >= 0.6 is 11.6 Å². The predicted molar refractivity (Wildman–Crippen MR) is 121 cm³/mol. The Morgan fingerprint density at radius 3 is 2.44 bits per heavy atom. The quantitative estimate of drug-likeness (QED) is 0.262. The van der Waals surface area contributed by atoms with Gasteiger partial charge in [0.15, 0.2) is 11.5 Å². The van der Waals surface area contributed by atoms with E-state index in [2.05, 4.69) is 0 Å². The maximum atomic E-state index is 13.0. The van der Waals surface area contributed by atoms with Crippen molar-refractivity contribution in [3.8, 4) is 11.5 Å². The molecule has 1 saturated heterocycles. The number of hydrogen-bond acceptors (Lipinski definition) is 6. The third kappa shape index (κ3) is 4.74. The molecular formula is C24H26ClNO6. The maximum Gasteiger partial charge on any atom is 0.295 e. The van der Waals surface area contributed by atoms with Crippen molar-refractivity contribution in [2.24, 2.45) is 0 Å². The number of amides is 1. The first-order chi connectivity index (χ1) is 15.4. The van der Waals surface area contributed by atoms with E-state index in [-0.39, 0.29) is 17.9 Å². The first-order valence-electron chi connectivity index (χ1n) is 10.3. The van der Waals surface area contributed by atoms with E-state index < -0.39 is 17.7 Å². The minimum atomic E-state index is -0.785. The lowest BCUT2D eigenvalue weighted by Crippen LogP contribution is -2.31. The van der Waals surface area contributed by atoms with Gasteiger partial charge in [0.1, 0.15) is 5.76 Å². The highest BCUT2D eigenvalue weighted by Gasteiger charge is 2.46. The van der Waals surface area contributed by atoms with Crippen LogP contribution in [-0.4, -0.2) is 55.7 Å². The van der Waals surface area contributed by atoms with Gasteiger partial charge < -0.3 is 24.2 Å². The molecule has 2 aromatic rings. The van der Waals surface area contributed by atoms with E-state index in [0.29, 0.717) is 47.3 Å². The molecule has 1 N–H and O–H groups in total. The second kappa shape index (κ2) is 10.5. The van der Waals surface area contributed by atoms with Crippen LogP contribution in [0.2, 0.25) is 5.02 Å². The van der Waals surface area contributed by atoms with Gasteiger partial charge in [0.25, 0.3) is 11.7 Å². The van der Waals surface area contributed by atoms with Crippen molar-refractivity contribution in [3.63, 3.8) is 0 Å². The van der Waals surface area contributed by atoms with Gasteiger partial charge in [-0.05, 0) is 55.3 Å². The molecule has 0 radical (unpaired) electrons. The summed E-state index contributed by atoms with van der Waals surface area (Å²) in [4.78, 5) is 27.4. The van der Waals surface area contributed by atoms with Gasteiger partial charge in [0.05, 0.1) is 25.3 Å². The molecule has 1 amide bonds. The van der Waals surface area contributed by atoms with Crippen LogP contribution in [0.15, 0.2) is 48.0 Å². The fraction of sp³-hybridized carbons (Fsp3) is 0.333. The number of rotatable bonds is 9. The number of aliphatic hydroxyl groups is 1. The lowest BCUT2D eigenvalue weighted by atomic mass is 9.95. The van der Waals surface area contributed by atoms with Crippen LogP contribution in [0.1, 0.15) is 30.5 Å².